The number of aromatic nitrogens is 2. The van der Waals surface area contributed by atoms with E-state index in [-0.39, 0.29) is 0 Å². The molecule has 0 aliphatic heterocycles. The van der Waals surface area contributed by atoms with Gasteiger partial charge in [-0.05, 0) is 34.1 Å². The van der Waals surface area contributed by atoms with Crippen LogP contribution in [0.4, 0.5) is 0 Å². The molecule has 2 nitrogen and oxygen atoms in total. The molecule has 2 aromatic heterocycles. The van der Waals surface area contributed by atoms with Gasteiger partial charge in [0, 0.05) is 0 Å². The van der Waals surface area contributed by atoms with Crippen molar-refractivity contribution in [3.8, 4) is 0 Å². The highest BCUT2D eigenvalue weighted by atomic mass is 79.9. The third-order valence-corrected chi connectivity index (χ3v) is 2.32. The molecule has 0 unspecified atom stereocenters. The van der Waals surface area contributed by atoms with Crippen LogP contribution in [0.25, 0.3) is 5.52 Å². The molecular weight excluding hydrogens is 227 g/mol. The van der Waals surface area contributed by atoms with E-state index in [0.717, 1.165) is 10.1 Å². The molecule has 0 saturated carbocycles. The quantitative estimate of drug-likeness (QED) is 0.637. The lowest BCUT2D eigenvalue weighted by atomic mass is 10.5. The van der Waals surface area contributed by atoms with Crippen LogP contribution in [-0.2, 0) is 0 Å². The predicted molar refractivity (Wildman–Crippen MR) is 47.9 cm³/mol. The van der Waals surface area contributed by atoms with Crippen LogP contribution in [0.3, 0.4) is 0 Å². The van der Waals surface area contributed by atoms with Gasteiger partial charge in [0.05, 0.1) is 10.1 Å². The Morgan fingerprint density at radius 1 is 1.45 bits per heavy atom. The van der Waals surface area contributed by atoms with E-state index in [0.29, 0.717) is 5.15 Å². The Morgan fingerprint density at radius 3 is 3.09 bits per heavy atom. The largest absolute Gasteiger partial charge is 0.295 e. The summed E-state index contributed by atoms with van der Waals surface area (Å²) in [4.78, 5) is 3.94. The third kappa shape index (κ3) is 1.14. The van der Waals surface area contributed by atoms with Crippen molar-refractivity contribution in [1.29, 1.82) is 0 Å². The van der Waals surface area contributed by atoms with Crippen LogP contribution in [0.1, 0.15) is 0 Å². The van der Waals surface area contributed by atoms with Crippen molar-refractivity contribution in [1.82, 2.24) is 9.38 Å². The molecule has 0 saturated heterocycles. The molecule has 56 valence electrons. The van der Waals surface area contributed by atoms with Crippen LogP contribution in [-0.4, -0.2) is 9.38 Å². The van der Waals surface area contributed by atoms with Crippen molar-refractivity contribution in [3.05, 3.63) is 34.3 Å². The van der Waals surface area contributed by atoms with Crippen LogP contribution < -0.4 is 0 Å². The second-order valence-electron chi connectivity index (χ2n) is 2.16. The standard InChI is InChI=1S/C7H4BrClN2/c8-6-2-1-5-3-7(9)10-4-11(5)6/h1-4H. The van der Waals surface area contributed by atoms with E-state index >= 15 is 0 Å². The van der Waals surface area contributed by atoms with Gasteiger partial charge in [-0.2, -0.15) is 0 Å². The molecule has 0 atom stereocenters. The maximum atomic E-state index is 5.69. The number of nitrogens with zero attached hydrogens (tertiary/aromatic N) is 2. The fourth-order valence-electron chi connectivity index (χ4n) is 0.950. The average Bonchev–Trinajstić information content (AvgIpc) is 2.32. The van der Waals surface area contributed by atoms with E-state index in [1.807, 2.05) is 22.6 Å². The van der Waals surface area contributed by atoms with E-state index in [9.17, 15) is 0 Å². The topological polar surface area (TPSA) is 17.3 Å². The lowest BCUT2D eigenvalue weighted by Crippen LogP contribution is -1.85. The average molecular weight is 231 g/mol. The van der Waals surface area contributed by atoms with Crippen LogP contribution in [0.5, 0.6) is 0 Å². The van der Waals surface area contributed by atoms with Crippen molar-refractivity contribution in [2.24, 2.45) is 0 Å². The summed E-state index contributed by atoms with van der Waals surface area (Å²) in [6.07, 6.45) is 1.68. The van der Waals surface area contributed by atoms with Gasteiger partial charge in [-0.3, -0.25) is 4.40 Å². The van der Waals surface area contributed by atoms with Crippen LogP contribution in [0.15, 0.2) is 29.1 Å². The maximum Gasteiger partial charge on any atom is 0.132 e. The molecule has 0 N–H and O–H groups in total. The van der Waals surface area contributed by atoms with Crippen molar-refractivity contribution in [3.63, 3.8) is 0 Å². The Bertz CT molecular complexity index is 396. The zero-order valence-corrected chi connectivity index (χ0v) is 7.80. The second kappa shape index (κ2) is 2.50. The molecule has 0 amide bonds. The minimum Gasteiger partial charge on any atom is -0.295 e. The van der Waals surface area contributed by atoms with Gasteiger partial charge in [0.2, 0.25) is 0 Å². The first-order valence-corrected chi connectivity index (χ1v) is 4.22. The van der Waals surface area contributed by atoms with E-state index < -0.39 is 0 Å². The van der Waals surface area contributed by atoms with E-state index in [1.54, 1.807) is 6.33 Å². The van der Waals surface area contributed by atoms with Gasteiger partial charge in [0.15, 0.2) is 0 Å². The molecule has 0 radical (unpaired) electrons. The van der Waals surface area contributed by atoms with Gasteiger partial charge in [-0.15, -0.1) is 0 Å². The van der Waals surface area contributed by atoms with Gasteiger partial charge >= 0.3 is 0 Å². The van der Waals surface area contributed by atoms with Crippen LogP contribution in [0.2, 0.25) is 5.15 Å². The molecule has 0 aromatic carbocycles. The summed E-state index contributed by atoms with van der Waals surface area (Å²) in [6, 6.07) is 5.73. The Hall–Kier alpha value is -0.540. The Morgan fingerprint density at radius 2 is 2.27 bits per heavy atom. The number of fused-ring (bicyclic) bond motifs is 1. The number of halogens is 2. The van der Waals surface area contributed by atoms with Crippen LogP contribution in [0, 0.1) is 0 Å². The Balaban J connectivity index is 2.86. The monoisotopic (exact) mass is 230 g/mol. The van der Waals surface area contributed by atoms with E-state index in [1.165, 1.54) is 0 Å². The molecule has 0 aliphatic carbocycles. The van der Waals surface area contributed by atoms with Gasteiger partial charge in [0.1, 0.15) is 11.5 Å². The lowest BCUT2D eigenvalue weighted by molar-refractivity contribution is 1.07. The molecule has 2 rings (SSSR count). The van der Waals surface area contributed by atoms with Gasteiger partial charge in [-0.1, -0.05) is 11.6 Å². The van der Waals surface area contributed by atoms with Crippen molar-refractivity contribution < 1.29 is 0 Å². The minimum absolute atomic E-state index is 0.517. The first kappa shape index (κ1) is 7.13. The van der Waals surface area contributed by atoms with Crippen molar-refractivity contribution in [2.75, 3.05) is 0 Å². The summed E-state index contributed by atoms with van der Waals surface area (Å²) < 4.78 is 2.89. The molecule has 2 heterocycles. The lowest BCUT2D eigenvalue weighted by Gasteiger charge is -1.94. The normalized spacial score (nSPS) is 10.7. The fraction of sp³-hybridized carbons (Fsp3) is 0. The highest BCUT2D eigenvalue weighted by Gasteiger charge is 1.97. The smallest absolute Gasteiger partial charge is 0.132 e. The number of rotatable bonds is 0. The summed E-state index contributed by atoms with van der Waals surface area (Å²) in [5.74, 6) is 0. The third-order valence-electron chi connectivity index (χ3n) is 1.46. The summed E-state index contributed by atoms with van der Waals surface area (Å²) in [5, 5.41) is 0.517. The first-order chi connectivity index (χ1) is 5.27. The summed E-state index contributed by atoms with van der Waals surface area (Å²) in [5.41, 5.74) is 1.04. The molecule has 2 aromatic rings. The van der Waals surface area contributed by atoms with Crippen LogP contribution >= 0.6 is 27.5 Å². The predicted octanol–water partition coefficient (Wildman–Crippen LogP) is 2.75. The van der Waals surface area contributed by atoms with E-state index in [2.05, 4.69) is 20.9 Å². The fourth-order valence-corrected chi connectivity index (χ4v) is 1.53. The summed E-state index contributed by atoms with van der Waals surface area (Å²) >= 11 is 9.06. The molecule has 0 bridgehead atoms. The highest BCUT2D eigenvalue weighted by Crippen LogP contribution is 2.16. The molecule has 11 heavy (non-hydrogen) atoms. The Kier molecular flexibility index (Phi) is 1.62. The maximum absolute atomic E-state index is 5.69. The number of hydrogen-bond acceptors (Lipinski definition) is 1. The molecule has 0 aliphatic rings. The highest BCUT2D eigenvalue weighted by molar-refractivity contribution is 9.10. The van der Waals surface area contributed by atoms with Crippen molar-refractivity contribution >= 4 is 33.0 Å². The summed E-state index contributed by atoms with van der Waals surface area (Å²) in [6.45, 7) is 0. The molecule has 0 spiro atoms. The SMILES string of the molecule is Clc1cc2ccc(Br)n2cn1. The van der Waals surface area contributed by atoms with Gasteiger partial charge < -0.3 is 0 Å². The zero-order valence-electron chi connectivity index (χ0n) is 5.46. The molecule has 0 fully saturated rings. The first-order valence-electron chi connectivity index (χ1n) is 3.05. The summed E-state index contributed by atoms with van der Waals surface area (Å²) in [7, 11) is 0. The molecule has 4 heteroatoms. The minimum atomic E-state index is 0.517. The van der Waals surface area contributed by atoms with Gasteiger partial charge in [0.25, 0.3) is 0 Å². The molecular formula is C7H4BrClN2. The number of hydrogen-bond donors (Lipinski definition) is 0. The second-order valence-corrected chi connectivity index (χ2v) is 3.36. The zero-order chi connectivity index (χ0) is 7.84. The van der Waals surface area contributed by atoms with Gasteiger partial charge in [-0.25, -0.2) is 4.98 Å². The van der Waals surface area contributed by atoms with E-state index in [4.69, 9.17) is 11.6 Å². The Labute approximate surface area is 76.9 Å². The van der Waals surface area contributed by atoms with Crippen molar-refractivity contribution in [2.45, 2.75) is 0 Å².